The minimum Gasteiger partial charge on any atom is -0.330 e. The fourth-order valence-electron chi connectivity index (χ4n) is 1.80. The highest BCUT2D eigenvalue weighted by Gasteiger charge is 2.31. The molecule has 0 atom stereocenters. The first-order chi connectivity index (χ1) is 12.2. The van der Waals surface area contributed by atoms with Gasteiger partial charge in [0.2, 0.25) is 0 Å². The Bertz CT molecular complexity index is 857. The zero-order valence-corrected chi connectivity index (χ0v) is 14.3. The molecule has 2 N–H and O–H groups in total. The number of alkyl halides is 3. The maximum absolute atomic E-state index is 12.7. The molecule has 0 aliphatic heterocycles. The lowest BCUT2D eigenvalue weighted by Gasteiger charge is -2.12. The molecule has 2 aromatic carbocycles. The molecule has 136 valence electrons. The predicted octanol–water partition coefficient (Wildman–Crippen LogP) is 4.59. The van der Waals surface area contributed by atoms with Crippen molar-refractivity contribution in [3.05, 3.63) is 68.7 Å². The van der Waals surface area contributed by atoms with Crippen molar-refractivity contribution >= 4 is 46.5 Å². The van der Waals surface area contributed by atoms with Gasteiger partial charge in [-0.1, -0.05) is 11.6 Å². The standard InChI is InChI=1S/C15H10ClF3N4O2S/c16-12-6-3-10(15(17,18)19)7-13(12)21-14(26)22-20-8-9-1-4-11(5-2-9)23(24)25/h1-8H,(H2,21,22,26)/b20-8+. The van der Waals surface area contributed by atoms with Crippen molar-refractivity contribution in [2.24, 2.45) is 5.10 Å². The number of thiocarbonyl (C=S) groups is 1. The van der Waals surface area contributed by atoms with Crippen LogP contribution in [0.1, 0.15) is 11.1 Å². The van der Waals surface area contributed by atoms with Crippen LogP contribution < -0.4 is 10.7 Å². The highest BCUT2D eigenvalue weighted by atomic mass is 35.5. The van der Waals surface area contributed by atoms with E-state index in [1.54, 1.807) is 0 Å². The molecule has 0 amide bonds. The minimum atomic E-state index is -4.51. The van der Waals surface area contributed by atoms with Crippen LogP contribution in [0.5, 0.6) is 0 Å². The molecule has 6 nitrogen and oxygen atoms in total. The molecular formula is C15H10ClF3N4O2S. The topological polar surface area (TPSA) is 79.6 Å². The second-order valence-corrected chi connectivity index (χ2v) is 5.68. The Morgan fingerprint density at radius 2 is 1.88 bits per heavy atom. The summed E-state index contributed by atoms with van der Waals surface area (Å²) >= 11 is 10.8. The van der Waals surface area contributed by atoms with Crippen molar-refractivity contribution < 1.29 is 18.1 Å². The molecule has 26 heavy (non-hydrogen) atoms. The highest BCUT2D eigenvalue weighted by Crippen LogP contribution is 2.33. The van der Waals surface area contributed by atoms with E-state index in [0.29, 0.717) is 5.56 Å². The van der Waals surface area contributed by atoms with Gasteiger partial charge in [-0.2, -0.15) is 18.3 Å². The van der Waals surface area contributed by atoms with E-state index in [0.717, 1.165) is 18.2 Å². The summed E-state index contributed by atoms with van der Waals surface area (Å²) in [5, 5.41) is 16.9. The van der Waals surface area contributed by atoms with E-state index in [9.17, 15) is 23.3 Å². The number of hydrazone groups is 1. The molecule has 2 aromatic rings. The maximum Gasteiger partial charge on any atom is 0.416 e. The van der Waals surface area contributed by atoms with Crippen molar-refractivity contribution in [1.29, 1.82) is 0 Å². The molecule has 0 aliphatic rings. The van der Waals surface area contributed by atoms with Crippen molar-refractivity contribution in [3.8, 4) is 0 Å². The minimum absolute atomic E-state index is 0.0236. The maximum atomic E-state index is 12.7. The Morgan fingerprint density at radius 1 is 1.23 bits per heavy atom. The van der Waals surface area contributed by atoms with E-state index < -0.39 is 16.7 Å². The van der Waals surface area contributed by atoms with E-state index in [-0.39, 0.29) is 21.5 Å². The summed E-state index contributed by atoms with van der Waals surface area (Å²) in [6.07, 6.45) is -3.17. The Balaban J connectivity index is 1.99. The average Bonchev–Trinajstić information content (AvgIpc) is 2.56. The van der Waals surface area contributed by atoms with Crippen LogP contribution in [0, 0.1) is 10.1 Å². The Morgan fingerprint density at radius 3 is 2.46 bits per heavy atom. The molecule has 0 saturated heterocycles. The molecule has 0 unspecified atom stereocenters. The Labute approximate surface area is 155 Å². The van der Waals surface area contributed by atoms with Crippen LogP contribution in [0.15, 0.2) is 47.6 Å². The first-order valence-electron chi connectivity index (χ1n) is 6.88. The van der Waals surface area contributed by atoms with E-state index in [4.69, 9.17) is 23.8 Å². The van der Waals surface area contributed by atoms with Gasteiger partial charge in [-0.3, -0.25) is 15.5 Å². The van der Waals surface area contributed by atoms with Crippen molar-refractivity contribution in [2.45, 2.75) is 6.18 Å². The van der Waals surface area contributed by atoms with Crippen LogP contribution in [-0.2, 0) is 6.18 Å². The lowest BCUT2D eigenvalue weighted by atomic mass is 10.2. The molecule has 2 rings (SSSR count). The van der Waals surface area contributed by atoms with Gasteiger partial charge in [-0.25, -0.2) is 0 Å². The first kappa shape index (κ1) is 19.6. The number of nitrogens with one attached hydrogen (secondary N) is 2. The predicted molar refractivity (Wildman–Crippen MR) is 96.5 cm³/mol. The number of rotatable bonds is 4. The number of nitro benzene ring substituents is 1. The molecule has 0 spiro atoms. The van der Waals surface area contributed by atoms with Crippen LogP contribution in [0.2, 0.25) is 5.02 Å². The second-order valence-electron chi connectivity index (χ2n) is 4.87. The van der Waals surface area contributed by atoms with E-state index >= 15 is 0 Å². The third-order valence-corrected chi connectivity index (χ3v) is 3.55. The average molecular weight is 403 g/mol. The summed E-state index contributed by atoms with van der Waals surface area (Å²) in [6.45, 7) is 0. The monoisotopic (exact) mass is 402 g/mol. The number of hydrogen-bond acceptors (Lipinski definition) is 4. The normalized spacial score (nSPS) is 11.4. The fraction of sp³-hybridized carbons (Fsp3) is 0.0667. The number of nitrogens with zero attached hydrogens (tertiary/aromatic N) is 2. The van der Waals surface area contributed by atoms with Crippen molar-refractivity contribution in [3.63, 3.8) is 0 Å². The summed E-state index contributed by atoms with van der Waals surface area (Å²) < 4.78 is 38.2. The lowest BCUT2D eigenvalue weighted by molar-refractivity contribution is -0.384. The number of nitro groups is 1. The van der Waals surface area contributed by atoms with E-state index in [2.05, 4.69) is 15.8 Å². The first-order valence-corrected chi connectivity index (χ1v) is 7.66. The van der Waals surface area contributed by atoms with Crippen molar-refractivity contribution in [2.75, 3.05) is 5.32 Å². The quantitative estimate of drug-likeness (QED) is 0.338. The van der Waals surface area contributed by atoms with Crippen LogP contribution in [0.25, 0.3) is 0 Å². The van der Waals surface area contributed by atoms with E-state index in [1.165, 1.54) is 30.5 Å². The number of anilines is 1. The zero-order valence-electron chi connectivity index (χ0n) is 12.7. The summed E-state index contributed by atoms with van der Waals surface area (Å²) in [6, 6.07) is 8.36. The SMILES string of the molecule is O=[N+]([O-])c1ccc(/C=N/NC(=S)Nc2cc(C(F)(F)F)ccc2Cl)cc1. The lowest BCUT2D eigenvalue weighted by Crippen LogP contribution is -2.24. The molecule has 0 aromatic heterocycles. The fourth-order valence-corrected chi connectivity index (χ4v) is 2.12. The van der Waals surface area contributed by atoms with Gasteiger partial charge in [0, 0.05) is 12.1 Å². The number of benzene rings is 2. The van der Waals surface area contributed by atoms with Crippen LogP contribution >= 0.6 is 23.8 Å². The number of non-ortho nitro benzene ring substituents is 1. The summed E-state index contributed by atoms with van der Waals surface area (Å²) in [7, 11) is 0. The molecule has 0 radical (unpaired) electrons. The van der Waals surface area contributed by atoms with Gasteiger partial charge in [-0.15, -0.1) is 0 Å². The van der Waals surface area contributed by atoms with Gasteiger partial charge in [-0.05, 0) is 48.1 Å². The molecule has 11 heteroatoms. The molecule has 0 aliphatic carbocycles. The summed E-state index contributed by atoms with van der Waals surface area (Å²) in [5.41, 5.74) is 2.02. The van der Waals surface area contributed by atoms with E-state index in [1.807, 2.05) is 0 Å². The molecule has 0 heterocycles. The molecule has 0 saturated carbocycles. The van der Waals surface area contributed by atoms with Gasteiger partial charge < -0.3 is 5.32 Å². The third-order valence-electron chi connectivity index (χ3n) is 3.03. The molecule has 0 fully saturated rings. The van der Waals surface area contributed by atoms with Gasteiger partial charge >= 0.3 is 6.18 Å². The van der Waals surface area contributed by atoms with Gasteiger partial charge in [0.15, 0.2) is 5.11 Å². The second kappa shape index (κ2) is 8.11. The third kappa shape index (κ3) is 5.39. The number of halogens is 4. The number of hydrogen-bond donors (Lipinski definition) is 2. The summed E-state index contributed by atoms with van der Waals surface area (Å²) in [5.74, 6) is 0. The smallest absolute Gasteiger partial charge is 0.330 e. The van der Waals surface area contributed by atoms with Gasteiger partial charge in [0.1, 0.15) is 0 Å². The summed E-state index contributed by atoms with van der Waals surface area (Å²) in [4.78, 5) is 10.0. The Hall–Kier alpha value is -2.72. The van der Waals surface area contributed by atoms with Gasteiger partial charge in [0.05, 0.1) is 27.4 Å². The van der Waals surface area contributed by atoms with Crippen LogP contribution in [0.4, 0.5) is 24.5 Å². The van der Waals surface area contributed by atoms with Crippen molar-refractivity contribution in [1.82, 2.24) is 5.43 Å². The molecule has 0 bridgehead atoms. The zero-order chi connectivity index (χ0) is 19.3. The Kier molecular flexibility index (Phi) is 6.11. The largest absolute Gasteiger partial charge is 0.416 e. The van der Waals surface area contributed by atoms with Crippen LogP contribution in [0.3, 0.4) is 0 Å². The van der Waals surface area contributed by atoms with Crippen LogP contribution in [-0.4, -0.2) is 16.3 Å². The molecular weight excluding hydrogens is 393 g/mol. The van der Waals surface area contributed by atoms with Gasteiger partial charge in [0.25, 0.3) is 5.69 Å². The highest BCUT2D eigenvalue weighted by molar-refractivity contribution is 7.80.